The number of ether oxygens (including phenoxy) is 3. The maximum absolute atomic E-state index is 14.4. The Bertz CT molecular complexity index is 1980. The number of amides is 4. The monoisotopic (exact) mass is 760 g/mol. The molecule has 3 aromatic rings. The lowest BCUT2D eigenvalue weighted by atomic mass is 9.96. The van der Waals surface area contributed by atoms with E-state index in [4.69, 9.17) is 19.2 Å². The highest BCUT2D eigenvalue weighted by molar-refractivity contribution is 7.14. The average Bonchev–Trinajstić information content (AvgIpc) is 3.40. The van der Waals surface area contributed by atoms with Crippen LogP contribution in [0.5, 0.6) is 11.5 Å². The van der Waals surface area contributed by atoms with E-state index in [1.807, 2.05) is 12.2 Å². The minimum Gasteiger partial charge on any atom is -0.497 e. The van der Waals surface area contributed by atoms with E-state index in [9.17, 15) is 29.1 Å². The lowest BCUT2D eigenvalue weighted by Crippen LogP contribution is -2.56. The number of nitrogens with zero attached hydrogens (tertiary/aromatic N) is 3. The Hall–Kier alpha value is -5.25. The highest BCUT2D eigenvalue weighted by atomic mass is 32.1. The van der Waals surface area contributed by atoms with Gasteiger partial charge in [-0.05, 0) is 57.1 Å². The number of nitrogens with one attached hydrogen (secondary N) is 3. The van der Waals surface area contributed by atoms with E-state index < -0.39 is 47.6 Å². The molecule has 4 heterocycles. The summed E-state index contributed by atoms with van der Waals surface area (Å²) >= 11 is 1.25. The Labute approximate surface area is 315 Å². The van der Waals surface area contributed by atoms with Gasteiger partial charge in [-0.2, -0.15) is 0 Å². The SMILES string of the molecule is COc1ccc2c(O[C@@H]3C[C@H]4C(=O)N[C@]5(C(=O)O)C[C@H]5/C=C\CCCCC[C@@H](NC(=O)OC5CCC5)C(=O)N4C3)cc(-c3csc(NC(C)=O)n3)nc2c1. The topological polar surface area (TPSA) is 198 Å². The van der Waals surface area contributed by atoms with Crippen LogP contribution in [-0.4, -0.2) is 93.2 Å². The minimum absolute atomic E-state index is 0.00510. The number of anilines is 1. The molecule has 2 aromatic heterocycles. The molecule has 2 aliphatic carbocycles. The molecule has 0 unspecified atom stereocenters. The third-order valence-corrected chi connectivity index (χ3v) is 11.3. The third kappa shape index (κ3) is 7.98. The van der Waals surface area contributed by atoms with Gasteiger partial charge in [-0.3, -0.25) is 14.4 Å². The van der Waals surface area contributed by atoms with Crippen molar-refractivity contribution in [3.8, 4) is 22.9 Å². The van der Waals surface area contributed by atoms with Crippen molar-refractivity contribution in [2.24, 2.45) is 5.92 Å². The molecule has 15 nitrogen and oxygen atoms in total. The van der Waals surface area contributed by atoms with Gasteiger partial charge in [0.2, 0.25) is 17.7 Å². The van der Waals surface area contributed by atoms with Crippen molar-refractivity contribution in [3.63, 3.8) is 0 Å². The smallest absolute Gasteiger partial charge is 0.408 e. The molecule has 54 heavy (non-hydrogen) atoms. The zero-order valence-corrected chi connectivity index (χ0v) is 31.0. The molecular formula is C38H44N6O9S. The second-order valence-electron chi connectivity index (χ2n) is 14.4. The summed E-state index contributed by atoms with van der Waals surface area (Å²) in [5.74, 6) is -1.83. The summed E-state index contributed by atoms with van der Waals surface area (Å²) in [7, 11) is 1.55. The number of aliphatic carboxylic acids is 1. The number of carboxylic acid groups (broad SMARTS) is 1. The summed E-state index contributed by atoms with van der Waals surface area (Å²) < 4.78 is 17.6. The highest BCUT2D eigenvalue weighted by Crippen LogP contribution is 2.45. The highest BCUT2D eigenvalue weighted by Gasteiger charge is 2.61. The Kier molecular flexibility index (Phi) is 10.7. The van der Waals surface area contributed by atoms with Gasteiger partial charge in [-0.1, -0.05) is 25.0 Å². The van der Waals surface area contributed by atoms with E-state index in [1.165, 1.54) is 23.2 Å². The molecule has 4 amide bonds. The molecule has 1 aromatic carbocycles. The molecule has 2 aliphatic heterocycles. The number of alkyl carbamates (subject to hydrolysis) is 1. The van der Waals surface area contributed by atoms with Crippen LogP contribution in [0.15, 0.2) is 41.8 Å². The van der Waals surface area contributed by atoms with Crippen LogP contribution in [0.2, 0.25) is 0 Å². The van der Waals surface area contributed by atoms with Crippen LogP contribution in [-0.2, 0) is 23.9 Å². The van der Waals surface area contributed by atoms with E-state index in [-0.39, 0.29) is 37.3 Å². The Balaban J connectivity index is 1.20. The normalized spacial score (nSPS) is 26.5. The summed E-state index contributed by atoms with van der Waals surface area (Å²) in [6.45, 7) is 1.39. The van der Waals surface area contributed by atoms with Crippen LogP contribution in [0.4, 0.5) is 9.93 Å². The van der Waals surface area contributed by atoms with Crippen LogP contribution >= 0.6 is 11.3 Å². The van der Waals surface area contributed by atoms with Gasteiger partial charge in [0, 0.05) is 42.2 Å². The summed E-state index contributed by atoms with van der Waals surface area (Å²) in [6.07, 6.45) is 8.44. The number of methoxy groups -OCH3 is 1. The van der Waals surface area contributed by atoms with Crippen molar-refractivity contribution in [2.45, 2.75) is 101 Å². The number of carbonyl (C=O) groups is 5. The fourth-order valence-corrected chi connectivity index (χ4v) is 8.02. The van der Waals surface area contributed by atoms with Crippen LogP contribution < -0.4 is 25.4 Å². The number of carbonyl (C=O) groups excluding carboxylic acids is 4. The first-order valence-corrected chi connectivity index (χ1v) is 19.3. The number of hydrogen-bond acceptors (Lipinski definition) is 11. The summed E-state index contributed by atoms with van der Waals surface area (Å²) in [4.78, 5) is 76.4. The van der Waals surface area contributed by atoms with Crippen LogP contribution in [0, 0.1) is 5.92 Å². The molecule has 2 saturated carbocycles. The van der Waals surface area contributed by atoms with Crippen LogP contribution in [0.1, 0.15) is 71.1 Å². The van der Waals surface area contributed by atoms with Gasteiger partial charge < -0.3 is 40.2 Å². The summed E-state index contributed by atoms with van der Waals surface area (Å²) in [6, 6.07) is 5.02. The quantitative estimate of drug-likeness (QED) is 0.230. The van der Waals surface area contributed by atoms with Gasteiger partial charge in [0.25, 0.3) is 0 Å². The predicted octanol–water partition coefficient (Wildman–Crippen LogP) is 4.80. The molecule has 4 N–H and O–H groups in total. The number of allylic oxidation sites excluding steroid dienone is 1. The zero-order chi connectivity index (χ0) is 38.0. The number of thiazole rings is 1. The maximum atomic E-state index is 14.4. The molecule has 0 bridgehead atoms. The summed E-state index contributed by atoms with van der Waals surface area (Å²) in [5, 5.41) is 21.3. The molecule has 0 radical (unpaired) electrons. The van der Waals surface area contributed by atoms with Gasteiger partial charge >= 0.3 is 12.1 Å². The van der Waals surface area contributed by atoms with Crippen LogP contribution in [0.3, 0.4) is 0 Å². The van der Waals surface area contributed by atoms with Crippen LogP contribution in [0.25, 0.3) is 22.3 Å². The number of carboxylic acids is 1. The number of fused-ring (bicyclic) bond motifs is 3. The standard InChI is InChI=1S/C38H44N6O9S/c1-21(45)39-36-41-30(20-54-36)29-17-32(26-14-13-24(51-2)15-28(26)40-29)52-25-16-31-33(46)43-38(35(48)49)18-22(38)9-6-4-3-5-7-12-27(34(47)44(31)19-25)42-37(50)53-23-10-8-11-23/h6,9,13-15,17,20,22-23,25,27,31H,3-5,7-8,10-12,16,18-19H2,1-2H3,(H,42,50)(H,43,46)(H,48,49)(H,39,41,45)/b9-6-/t22-,25-,27-,31+,38-/m1/s1. The second-order valence-corrected chi connectivity index (χ2v) is 15.2. The molecule has 7 rings (SSSR count). The van der Waals surface area contributed by atoms with E-state index >= 15 is 0 Å². The number of hydrogen-bond donors (Lipinski definition) is 4. The lowest BCUT2D eigenvalue weighted by Gasteiger charge is -2.30. The number of pyridine rings is 1. The van der Waals surface area contributed by atoms with E-state index in [0.717, 1.165) is 38.5 Å². The van der Waals surface area contributed by atoms with Crippen molar-refractivity contribution in [2.75, 3.05) is 19.0 Å². The van der Waals surface area contributed by atoms with Crippen molar-refractivity contribution in [1.29, 1.82) is 0 Å². The molecule has 16 heteroatoms. The van der Waals surface area contributed by atoms with E-state index in [2.05, 4.69) is 20.9 Å². The maximum Gasteiger partial charge on any atom is 0.408 e. The third-order valence-electron chi connectivity index (χ3n) is 10.6. The van der Waals surface area contributed by atoms with E-state index in [0.29, 0.717) is 51.8 Å². The molecule has 0 spiro atoms. The summed E-state index contributed by atoms with van der Waals surface area (Å²) in [5.41, 5.74) is 0.0420. The molecule has 286 valence electrons. The van der Waals surface area contributed by atoms with Gasteiger partial charge in [-0.25, -0.2) is 19.6 Å². The number of aromatic nitrogens is 2. The second kappa shape index (κ2) is 15.6. The first-order chi connectivity index (χ1) is 26.0. The fraction of sp³-hybridized carbons (Fsp3) is 0.500. The van der Waals surface area contributed by atoms with Crippen molar-refractivity contribution < 1.29 is 43.3 Å². The number of rotatable bonds is 8. The molecule has 4 aliphatic rings. The first-order valence-electron chi connectivity index (χ1n) is 18.4. The first kappa shape index (κ1) is 37.1. The lowest BCUT2D eigenvalue weighted by molar-refractivity contribution is -0.145. The average molecular weight is 761 g/mol. The molecule has 5 atom stereocenters. The van der Waals surface area contributed by atoms with Gasteiger partial charge in [0.15, 0.2) is 5.13 Å². The molecule has 3 fully saturated rings. The van der Waals surface area contributed by atoms with Gasteiger partial charge in [0.1, 0.15) is 47.0 Å². The number of benzene rings is 1. The Morgan fingerprint density at radius 2 is 1.87 bits per heavy atom. The Morgan fingerprint density at radius 1 is 1.04 bits per heavy atom. The fourth-order valence-electron chi connectivity index (χ4n) is 7.27. The van der Waals surface area contributed by atoms with Crippen molar-refractivity contribution >= 4 is 57.2 Å². The van der Waals surface area contributed by atoms with Crippen molar-refractivity contribution in [1.82, 2.24) is 25.5 Å². The Morgan fingerprint density at radius 3 is 2.61 bits per heavy atom. The largest absolute Gasteiger partial charge is 0.497 e. The van der Waals surface area contributed by atoms with Crippen molar-refractivity contribution in [3.05, 3.63) is 41.8 Å². The van der Waals surface area contributed by atoms with E-state index in [1.54, 1.807) is 36.8 Å². The molecular weight excluding hydrogens is 717 g/mol. The molecule has 1 saturated heterocycles. The predicted molar refractivity (Wildman–Crippen MR) is 198 cm³/mol. The van der Waals surface area contributed by atoms with Gasteiger partial charge in [0.05, 0.1) is 24.9 Å². The zero-order valence-electron chi connectivity index (χ0n) is 30.2. The minimum atomic E-state index is -1.47. The van der Waals surface area contributed by atoms with Gasteiger partial charge in [-0.15, -0.1) is 11.3 Å².